The third-order valence-corrected chi connectivity index (χ3v) is 5.66. The Morgan fingerprint density at radius 2 is 1.85 bits per heavy atom. The molecule has 0 heterocycles. The van der Waals surface area contributed by atoms with E-state index in [0.717, 1.165) is 5.56 Å². The molecule has 110 valence electrons. The molecular formula is C16H22O3S. The normalized spacial score (nSPS) is 16.1. The number of aliphatic hydroxyl groups is 1. The van der Waals surface area contributed by atoms with Crippen molar-refractivity contribution >= 4 is 9.84 Å². The van der Waals surface area contributed by atoms with E-state index in [0.29, 0.717) is 12.8 Å². The van der Waals surface area contributed by atoms with Gasteiger partial charge in [-0.05, 0) is 38.8 Å². The zero-order valence-electron chi connectivity index (χ0n) is 12.0. The second-order valence-corrected chi connectivity index (χ2v) is 7.27. The van der Waals surface area contributed by atoms with Gasteiger partial charge < -0.3 is 5.11 Å². The monoisotopic (exact) mass is 294 g/mol. The molecular weight excluding hydrogens is 272 g/mol. The summed E-state index contributed by atoms with van der Waals surface area (Å²) in [5, 5.41) is 9.41. The standard InChI is InChI=1S/C16H22O3S/c1-5-7-12-16(4,17)15(6-2)20(18,19)14-10-8-13(3)9-11-14/h5-6,8-11,15,17H,1-2,7,12H2,3-4H3/t15-,16-/m1/s1. The zero-order valence-corrected chi connectivity index (χ0v) is 12.9. The molecule has 2 atom stereocenters. The Balaban J connectivity index is 3.19. The molecule has 3 nitrogen and oxygen atoms in total. The highest BCUT2D eigenvalue weighted by Gasteiger charge is 2.39. The van der Waals surface area contributed by atoms with Crippen LogP contribution in [0.25, 0.3) is 0 Å². The van der Waals surface area contributed by atoms with E-state index in [2.05, 4.69) is 13.2 Å². The number of allylic oxidation sites excluding steroid dienone is 1. The maximum Gasteiger partial charge on any atom is 0.187 e. The highest BCUT2D eigenvalue weighted by Crippen LogP contribution is 2.29. The number of hydrogen-bond donors (Lipinski definition) is 1. The number of rotatable bonds is 7. The van der Waals surface area contributed by atoms with Crippen molar-refractivity contribution in [3.05, 3.63) is 55.1 Å². The van der Waals surface area contributed by atoms with Gasteiger partial charge in [0.2, 0.25) is 0 Å². The largest absolute Gasteiger partial charge is 0.388 e. The van der Waals surface area contributed by atoms with Gasteiger partial charge in [-0.25, -0.2) is 8.42 Å². The van der Waals surface area contributed by atoms with Gasteiger partial charge in [0.25, 0.3) is 0 Å². The van der Waals surface area contributed by atoms with Crippen molar-refractivity contribution in [1.82, 2.24) is 0 Å². The van der Waals surface area contributed by atoms with Gasteiger partial charge in [-0.1, -0.05) is 29.8 Å². The lowest BCUT2D eigenvalue weighted by Gasteiger charge is -2.30. The molecule has 1 N–H and O–H groups in total. The van der Waals surface area contributed by atoms with Crippen molar-refractivity contribution in [1.29, 1.82) is 0 Å². The van der Waals surface area contributed by atoms with Crippen molar-refractivity contribution in [2.75, 3.05) is 0 Å². The van der Waals surface area contributed by atoms with Gasteiger partial charge in [0.05, 0.1) is 10.5 Å². The van der Waals surface area contributed by atoms with Crippen LogP contribution in [0.3, 0.4) is 0 Å². The predicted molar refractivity (Wildman–Crippen MR) is 82.4 cm³/mol. The summed E-state index contributed by atoms with van der Waals surface area (Å²) in [4.78, 5) is 0.201. The minimum atomic E-state index is -3.66. The van der Waals surface area contributed by atoms with Crippen molar-refractivity contribution in [2.24, 2.45) is 0 Å². The lowest BCUT2D eigenvalue weighted by atomic mass is 9.96. The van der Waals surface area contributed by atoms with Crippen LogP contribution in [0, 0.1) is 6.92 Å². The summed E-state index contributed by atoms with van der Waals surface area (Å²) in [7, 11) is -3.66. The molecule has 4 heteroatoms. The van der Waals surface area contributed by atoms with E-state index in [9.17, 15) is 13.5 Å². The molecule has 0 spiro atoms. The van der Waals surface area contributed by atoms with Crippen molar-refractivity contribution < 1.29 is 13.5 Å². The predicted octanol–water partition coefficient (Wildman–Crippen LogP) is 3.04. The van der Waals surface area contributed by atoms with Crippen molar-refractivity contribution in [3.63, 3.8) is 0 Å². The molecule has 20 heavy (non-hydrogen) atoms. The van der Waals surface area contributed by atoms with Crippen LogP contribution < -0.4 is 0 Å². The number of sulfone groups is 1. The summed E-state index contributed by atoms with van der Waals surface area (Å²) in [6, 6.07) is 6.60. The van der Waals surface area contributed by atoms with Crippen LogP contribution in [0.5, 0.6) is 0 Å². The summed E-state index contributed by atoms with van der Waals surface area (Å²) in [5.74, 6) is 0. The first kappa shape index (κ1) is 16.7. The van der Waals surface area contributed by atoms with E-state index in [1.54, 1.807) is 30.3 Å². The van der Waals surface area contributed by atoms with Crippen LogP contribution in [0.4, 0.5) is 0 Å². The maximum absolute atomic E-state index is 12.6. The van der Waals surface area contributed by atoms with E-state index in [1.807, 2.05) is 6.92 Å². The minimum absolute atomic E-state index is 0.201. The molecule has 0 aliphatic carbocycles. The van der Waals surface area contributed by atoms with Gasteiger partial charge in [0, 0.05) is 0 Å². The Morgan fingerprint density at radius 3 is 2.30 bits per heavy atom. The van der Waals surface area contributed by atoms with Gasteiger partial charge in [-0.15, -0.1) is 13.2 Å². The third kappa shape index (κ3) is 3.58. The van der Waals surface area contributed by atoms with Crippen LogP contribution in [0.1, 0.15) is 25.3 Å². The molecule has 0 aromatic heterocycles. The topological polar surface area (TPSA) is 54.4 Å². The number of aryl methyl sites for hydroxylation is 1. The summed E-state index contributed by atoms with van der Waals surface area (Å²) in [6.07, 6.45) is 3.82. The van der Waals surface area contributed by atoms with Crippen molar-refractivity contribution in [2.45, 2.75) is 42.4 Å². The van der Waals surface area contributed by atoms with E-state index >= 15 is 0 Å². The van der Waals surface area contributed by atoms with Crippen LogP contribution in [-0.4, -0.2) is 24.4 Å². The molecule has 0 saturated heterocycles. The Kier molecular flexibility index (Phi) is 5.31. The van der Waals surface area contributed by atoms with Crippen LogP contribution in [0.2, 0.25) is 0 Å². The molecule has 0 saturated carbocycles. The third-order valence-electron chi connectivity index (χ3n) is 3.37. The van der Waals surface area contributed by atoms with E-state index in [4.69, 9.17) is 0 Å². The highest BCUT2D eigenvalue weighted by molar-refractivity contribution is 7.92. The van der Waals surface area contributed by atoms with Gasteiger partial charge in [-0.2, -0.15) is 0 Å². The first-order chi connectivity index (χ1) is 9.25. The van der Waals surface area contributed by atoms with Gasteiger partial charge >= 0.3 is 0 Å². The first-order valence-corrected chi connectivity index (χ1v) is 8.06. The molecule has 0 amide bonds. The van der Waals surface area contributed by atoms with Crippen LogP contribution in [-0.2, 0) is 9.84 Å². The van der Waals surface area contributed by atoms with E-state index < -0.39 is 20.7 Å². The molecule has 0 aliphatic heterocycles. The summed E-state index contributed by atoms with van der Waals surface area (Å²) >= 11 is 0. The smallest absolute Gasteiger partial charge is 0.187 e. The van der Waals surface area contributed by atoms with Crippen molar-refractivity contribution in [3.8, 4) is 0 Å². The fraction of sp³-hybridized carbons (Fsp3) is 0.375. The SMILES string of the molecule is C=CCC[C@@](C)(O)[C@@H](C=C)S(=O)(=O)c1ccc(C)cc1. The Bertz CT molecular complexity index is 568. The van der Waals surface area contributed by atoms with Gasteiger partial charge in [-0.3, -0.25) is 0 Å². The van der Waals surface area contributed by atoms with E-state index in [1.165, 1.54) is 13.0 Å². The molecule has 0 aliphatic rings. The summed E-state index contributed by atoms with van der Waals surface area (Å²) in [5.41, 5.74) is -0.392. The zero-order chi connectivity index (χ0) is 15.4. The fourth-order valence-corrected chi connectivity index (χ4v) is 3.97. The Morgan fingerprint density at radius 1 is 1.30 bits per heavy atom. The molecule has 1 rings (SSSR count). The minimum Gasteiger partial charge on any atom is -0.388 e. The number of benzene rings is 1. The average molecular weight is 294 g/mol. The average Bonchev–Trinajstić information content (AvgIpc) is 2.37. The lowest BCUT2D eigenvalue weighted by molar-refractivity contribution is 0.0581. The van der Waals surface area contributed by atoms with Gasteiger partial charge in [0.1, 0.15) is 5.25 Å². The van der Waals surface area contributed by atoms with Crippen LogP contribution >= 0.6 is 0 Å². The maximum atomic E-state index is 12.6. The molecule has 0 bridgehead atoms. The second kappa shape index (κ2) is 6.37. The molecule has 0 radical (unpaired) electrons. The van der Waals surface area contributed by atoms with E-state index in [-0.39, 0.29) is 4.90 Å². The molecule has 1 aromatic carbocycles. The molecule has 0 fully saturated rings. The molecule has 0 unspecified atom stereocenters. The fourth-order valence-electron chi connectivity index (χ4n) is 2.13. The Hall–Kier alpha value is -1.39. The second-order valence-electron chi connectivity index (χ2n) is 5.20. The van der Waals surface area contributed by atoms with Crippen LogP contribution in [0.15, 0.2) is 54.5 Å². The summed E-state index contributed by atoms with van der Waals surface area (Å²) < 4.78 is 25.3. The first-order valence-electron chi connectivity index (χ1n) is 6.52. The van der Waals surface area contributed by atoms with Gasteiger partial charge in [0.15, 0.2) is 9.84 Å². The molecule has 1 aromatic rings. The number of hydrogen-bond acceptors (Lipinski definition) is 3. The lowest BCUT2D eigenvalue weighted by Crippen LogP contribution is -2.43. The summed E-state index contributed by atoms with van der Waals surface area (Å²) in [6.45, 7) is 10.6. The Labute approximate surface area is 121 Å². The quantitative estimate of drug-likeness (QED) is 0.786. The highest BCUT2D eigenvalue weighted by atomic mass is 32.2.